The third-order valence-electron chi connectivity index (χ3n) is 3.72. The molecule has 1 N–H and O–H groups in total. The molecule has 3 rings (SSSR count). The molecular weight excluding hydrogens is 318 g/mol. The van der Waals surface area contributed by atoms with Crippen molar-refractivity contribution in [2.24, 2.45) is 0 Å². The Balaban J connectivity index is 1.91. The zero-order valence-corrected chi connectivity index (χ0v) is 13.8. The summed E-state index contributed by atoms with van der Waals surface area (Å²) in [6.45, 7) is 4.15. The molecule has 24 heavy (non-hydrogen) atoms. The van der Waals surface area contributed by atoms with Crippen molar-refractivity contribution in [2.75, 3.05) is 5.32 Å². The molecule has 0 heterocycles. The van der Waals surface area contributed by atoms with Gasteiger partial charge >= 0.3 is 0 Å². The summed E-state index contributed by atoms with van der Waals surface area (Å²) in [6.07, 6.45) is 0. The second-order valence-electron chi connectivity index (χ2n) is 5.35. The number of nitrogens with one attached hydrogen (secondary N) is 1. The van der Waals surface area contributed by atoms with Gasteiger partial charge in [0, 0.05) is 16.3 Å². The predicted molar refractivity (Wildman–Crippen MR) is 100 cm³/mol. The fraction of sp³-hybridized carbons (Fsp3) is 0. The maximum atomic E-state index is 12.7. The van der Waals surface area contributed by atoms with Crippen LogP contribution >= 0.6 is 11.6 Å². The van der Waals surface area contributed by atoms with Crippen LogP contribution in [0.15, 0.2) is 85.4 Å². The maximum absolute atomic E-state index is 12.7. The number of amides is 1. The van der Waals surface area contributed by atoms with Gasteiger partial charge in [0.1, 0.15) is 0 Å². The average molecular weight is 334 g/mol. The first-order chi connectivity index (χ1) is 11.6. The third kappa shape index (κ3) is 3.55. The lowest BCUT2D eigenvalue weighted by Gasteiger charge is -2.13. The Morgan fingerprint density at radius 1 is 0.792 bits per heavy atom. The van der Waals surface area contributed by atoms with Crippen LogP contribution in [0, 0.1) is 0 Å². The number of halogens is 1. The average Bonchev–Trinajstić information content (AvgIpc) is 2.62. The van der Waals surface area contributed by atoms with E-state index in [4.69, 9.17) is 11.6 Å². The molecule has 0 unspecified atom stereocenters. The Morgan fingerprint density at radius 3 is 2.04 bits per heavy atom. The molecule has 0 bridgehead atoms. The molecule has 0 saturated heterocycles. The maximum Gasteiger partial charge on any atom is 0.256 e. The summed E-state index contributed by atoms with van der Waals surface area (Å²) in [5, 5.41) is 3.58. The highest BCUT2D eigenvalue weighted by atomic mass is 35.5. The fourth-order valence-electron chi connectivity index (χ4n) is 2.47. The number of carbonyl (C=O) groups is 1. The van der Waals surface area contributed by atoms with Gasteiger partial charge in [-0.05, 0) is 47.0 Å². The second-order valence-corrected chi connectivity index (χ2v) is 5.79. The molecule has 0 radical (unpaired) electrons. The summed E-state index contributed by atoms with van der Waals surface area (Å²) in [5.41, 5.74) is 3.86. The van der Waals surface area contributed by atoms with E-state index in [9.17, 15) is 4.79 Å². The van der Waals surface area contributed by atoms with E-state index in [1.54, 1.807) is 6.07 Å². The van der Waals surface area contributed by atoms with E-state index >= 15 is 0 Å². The van der Waals surface area contributed by atoms with Crippen LogP contribution in [0.4, 0.5) is 5.69 Å². The second kappa shape index (κ2) is 7.16. The monoisotopic (exact) mass is 333 g/mol. The third-order valence-corrected chi connectivity index (χ3v) is 3.97. The number of rotatable bonds is 4. The lowest BCUT2D eigenvalue weighted by atomic mass is 9.95. The highest BCUT2D eigenvalue weighted by Gasteiger charge is 2.14. The summed E-state index contributed by atoms with van der Waals surface area (Å²) in [7, 11) is 0. The number of para-hydroxylation sites is 1. The Bertz CT molecular complexity index is 870. The first-order valence-electron chi connectivity index (χ1n) is 7.56. The van der Waals surface area contributed by atoms with Crippen molar-refractivity contribution >= 4 is 28.8 Å². The van der Waals surface area contributed by atoms with Gasteiger partial charge in [-0.1, -0.05) is 66.7 Å². The zero-order chi connectivity index (χ0) is 16.9. The molecule has 0 fully saturated rings. The minimum absolute atomic E-state index is 0.160. The van der Waals surface area contributed by atoms with Crippen molar-refractivity contribution < 1.29 is 4.79 Å². The lowest BCUT2D eigenvalue weighted by Crippen LogP contribution is -2.14. The first kappa shape index (κ1) is 16.0. The molecule has 0 aromatic heterocycles. The van der Waals surface area contributed by atoms with Crippen molar-refractivity contribution in [3.8, 4) is 0 Å². The van der Waals surface area contributed by atoms with Crippen LogP contribution in [0.25, 0.3) is 5.57 Å². The van der Waals surface area contributed by atoms with Crippen LogP contribution in [0.1, 0.15) is 21.5 Å². The molecule has 0 saturated carbocycles. The van der Waals surface area contributed by atoms with Gasteiger partial charge in [0.15, 0.2) is 0 Å². The van der Waals surface area contributed by atoms with E-state index in [1.165, 1.54) is 0 Å². The van der Waals surface area contributed by atoms with Crippen molar-refractivity contribution in [1.29, 1.82) is 0 Å². The van der Waals surface area contributed by atoms with Gasteiger partial charge in [-0.15, -0.1) is 0 Å². The molecule has 3 heteroatoms. The van der Waals surface area contributed by atoms with E-state index in [-0.39, 0.29) is 5.91 Å². The molecule has 3 aromatic carbocycles. The van der Waals surface area contributed by atoms with Gasteiger partial charge in [0.05, 0.1) is 0 Å². The smallest absolute Gasteiger partial charge is 0.256 e. The molecule has 0 aliphatic rings. The Kier molecular flexibility index (Phi) is 4.78. The van der Waals surface area contributed by atoms with Gasteiger partial charge in [0.2, 0.25) is 0 Å². The normalized spacial score (nSPS) is 10.2. The number of hydrogen-bond donors (Lipinski definition) is 1. The van der Waals surface area contributed by atoms with Crippen molar-refractivity contribution in [1.82, 2.24) is 0 Å². The predicted octanol–water partition coefficient (Wildman–Crippen LogP) is 5.65. The van der Waals surface area contributed by atoms with E-state index < -0.39 is 0 Å². The highest BCUT2D eigenvalue weighted by molar-refractivity contribution is 6.30. The Hall–Kier alpha value is -2.84. The minimum atomic E-state index is -0.160. The van der Waals surface area contributed by atoms with Crippen molar-refractivity contribution in [3.63, 3.8) is 0 Å². The summed E-state index contributed by atoms with van der Waals surface area (Å²) in [5.74, 6) is -0.160. The van der Waals surface area contributed by atoms with Crippen LogP contribution < -0.4 is 5.32 Å². The molecule has 1 amide bonds. The molecule has 0 atom stereocenters. The van der Waals surface area contributed by atoms with Gasteiger partial charge in [-0.3, -0.25) is 4.79 Å². The Labute approximate surface area is 146 Å². The highest BCUT2D eigenvalue weighted by Crippen LogP contribution is 2.26. The van der Waals surface area contributed by atoms with Crippen molar-refractivity contribution in [2.45, 2.75) is 0 Å². The molecule has 3 aromatic rings. The van der Waals surface area contributed by atoms with Gasteiger partial charge in [0.25, 0.3) is 5.91 Å². The molecule has 0 aliphatic carbocycles. The minimum Gasteiger partial charge on any atom is -0.322 e. The molecule has 0 aliphatic heterocycles. The van der Waals surface area contributed by atoms with Crippen LogP contribution in [0.3, 0.4) is 0 Å². The largest absolute Gasteiger partial charge is 0.322 e. The summed E-state index contributed by atoms with van der Waals surface area (Å²) >= 11 is 5.94. The van der Waals surface area contributed by atoms with Crippen molar-refractivity contribution in [3.05, 3.63) is 107 Å². The zero-order valence-electron chi connectivity index (χ0n) is 13.0. The number of hydrogen-bond acceptors (Lipinski definition) is 1. The standard InChI is InChI=1S/C21H16ClNO/c1-15(16-11-13-17(22)14-12-16)19-9-5-6-10-20(19)21(24)23-18-7-3-2-4-8-18/h2-14H,1H2,(H,23,24). The lowest BCUT2D eigenvalue weighted by molar-refractivity contribution is 0.102. The number of carbonyl (C=O) groups excluding carboxylic acids is 1. The number of benzene rings is 3. The van der Waals surface area contributed by atoms with E-state index in [1.807, 2.05) is 72.8 Å². The SMILES string of the molecule is C=C(c1ccc(Cl)cc1)c1ccccc1C(=O)Nc1ccccc1. The van der Waals surface area contributed by atoms with Crippen LogP contribution in [0.5, 0.6) is 0 Å². The summed E-state index contributed by atoms with van der Waals surface area (Å²) < 4.78 is 0. The van der Waals surface area contributed by atoms with Gasteiger partial charge < -0.3 is 5.32 Å². The molecular formula is C21H16ClNO. The van der Waals surface area contributed by atoms with Crippen LogP contribution in [-0.4, -0.2) is 5.91 Å². The molecule has 2 nitrogen and oxygen atoms in total. The van der Waals surface area contributed by atoms with E-state index in [0.717, 1.165) is 22.4 Å². The quantitative estimate of drug-likeness (QED) is 0.656. The Morgan fingerprint density at radius 2 is 1.38 bits per heavy atom. The molecule has 0 spiro atoms. The first-order valence-corrected chi connectivity index (χ1v) is 7.93. The summed E-state index contributed by atoms with van der Waals surface area (Å²) in [6, 6.07) is 24.3. The topological polar surface area (TPSA) is 29.1 Å². The van der Waals surface area contributed by atoms with E-state index in [2.05, 4.69) is 11.9 Å². The van der Waals surface area contributed by atoms with E-state index in [0.29, 0.717) is 10.6 Å². The van der Waals surface area contributed by atoms with Crippen LogP contribution in [-0.2, 0) is 0 Å². The fourth-order valence-corrected chi connectivity index (χ4v) is 2.60. The number of anilines is 1. The molecule has 118 valence electrons. The van der Waals surface area contributed by atoms with Crippen LogP contribution in [0.2, 0.25) is 5.02 Å². The van der Waals surface area contributed by atoms with Gasteiger partial charge in [-0.25, -0.2) is 0 Å². The van der Waals surface area contributed by atoms with Gasteiger partial charge in [-0.2, -0.15) is 0 Å². The summed E-state index contributed by atoms with van der Waals surface area (Å²) in [4.78, 5) is 12.7.